The standard InChI is InChI=1S/C17H18O2/c1-12(2)10-11-19-16-9-8-14-6-4-5-7-15(14)17(16)13(3)18/h4-10H,11H2,1-3H3. The molecule has 0 atom stereocenters. The van der Waals surface area contributed by atoms with E-state index in [9.17, 15) is 4.79 Å². The van der Waals surface area contributed by atoms with Gasteiger partial charge in [0.2, 0.25) is 0 Å². The van der Waals surface area contributed by atoms with Crippen molar-refractivity contribution in [2.45, 2.75) is 20.8 Å². The van der Waals surface area contributed by atoms with Crippen LogP contribution in [0.4, 0.5) is 0 Å². The summed E-state index contributed by atoms with van der Waals surface area (Å²) in [6.07, 6.45) is 2.00. The van der Waals surface area contributed by atoms with Gasteiger partial charge in [0.05, 0.1) is 5.56 Å². The number of hydrogen-bond acceptors (Lipinski definition) is 2. The summed E-state index contributed by atoms with van der Waals surface area (Å²) in [6, 6.07) is 11.7. The van der Waals surface area contributed by atoms with E-state index in [-0.39, 0.29) is 5.78 Å². The van der Waals surface area contributed by atoms with E-state index in [0.29, 0.717) is 17.9 Å². The molecule has 0 heterocycles. The third-order valence-electron chi connectivity index (χ3n) is 2.97. The highest BCUT2D eigenvalue weighted by Crippen LogP contribution is 2.28. The second-order valence-corrected chi connectivity index (χ2v) is 4.81. The van der Waals surface area contributed by atoms with Crippen LogP contribution in [0.2, 0.25) is 0 Å². The normalized spacial score (nSPS) is 10.3. The molecule has 0 amide bonds. The highest BCUT2D eigenvalue weighted by molar-refractivity contribution is 6.09. The summed E-state index contributed by atoms with van der Waals surface area (Å²) in [5.74, 6) is 0.688. The second kappa shape index (κ2) is 5.70. The molecule has 0 aliphatic carbocycles. The van der Waals surface area contributed by atoms with Gasteiger partial charge in [-0.1, -0.05) is 35.9 Å². The maximum Gasteiger partial charge on any atom is 0.164 e. The van der Waals surface area contributed by atoms with Crippen LogP contribution < -0.4 is 4.74 Å². The Kier molecular flexibility index (Phi) is 4.00. The summed E-state index contributed by atoms with van der Waals surface area (Å²) in [7, 11) is 0. The summed E-state index contributed by atoms with van der Waals surface area (Å²) >= 11 is 0. The van der Waals surface area contributed by atoms with Crippen molar-refractivity contribution >= 4 is 16.6 Å². The molecule has 19 heavy (non-hydrogen) atoms. The molecule has 98 valence electrons. The van der Waals surface area contributed by atoms with Crippen molar-refractivity contribution in [1.29, 1.82) is 0 Å². The van der Waals surface area contributed by atoms with Crippen LogP contribution >= 0.6 is 0 Å². The summed E-state index contributed by atoms with van der Waals surface area (Å²) < 4.78 is 5.72. The van der Waals surface area contributed by atoms with Crippen LogP contribution in [0.25, 0.3) is 10.8 Å². The number of rotatable bonds is 4. The number of carbonyl (C=O) groups is 1. The van der Waals surface area contributed by atoms with Gasteiger partial charge in [-0.3, -0.25) is 4.79 Å². The number of carbonyl (C=O) groups excluding carboxylic acids is 1. The van der Waals surface area contributed by atoms with E-state index in [2.05, 4.69) is 0 Å². The van der Waals surface area contributed by atoms with Gasteiger partial charge in [-0.2, -0.15) is 0 Å². The molecule has 2 nitrogen and oxygen atoms in total. The third-order valence-corrected chi connectivity index (χ3v) is 2.97. The van der Waals surface area contributed by atoms with Crippen LogP contribution in [0.3, 0.4) is 0 Å². The van der Waals surface area contributed by atoms with Gasteiger partial charge in [-0.25, -0.2) is 0 Å². The molecule has 0 saturated heterocycles. The first kappa shape index (κ1) is 13.3. The first-order valence-corrected chi connectivity index (χ1v) is 6.38. The lowest BCUT2D eigenvalue weighted by Gasteiger charge is -2.11. The van der Waals surface area contributed by atoms with Crippen molar-refractivity contribution in [2.75, 3.05) is 6.61 Å². The Morgan fingerprint density at radius 2 is 1.84 bits per heavy atom. The van der Waals surface area contributed by atoms with Gasteiger partial charge in [0.1, 0.15) is 12.4 Å². The predicted octanol–water partition coefficient (Wildman–Crippen LogP) is 4.39. The molecule has 0 aromatic heterocycles. The van der Waals surface area contributed by atoms with Crippen molar-refractivity contribution in [1.82, 2.24) is 0 Å². The molecule has 0 N–H and O–H groups in total. The average molecular weight is 254 g/mol. The molecule has 2 rings (SSSR count). The van der Waals surface area contributed by atoms with Crippen LogP contribution in [0.1, 0.15) is 31.1 Å². The largest absolute Gasteiger partial charge is 0.489 e. The SMILES string of the molecule is CC(=O)c1c(OCC=C(C)C)ccc2ccccc12. The maximum atomic E-state index is 11.9. The molecule has 2 aromatic carbocycles. The lowest BCUT2D eigenvalue weighted by Crippen LogP contribution is -2.02. The summed E-state index contributed by atoms with van der Waals surface area (Å²) in [4.78, 5) is 11.9. The Hall–Kier alpha value is -2.09. The number of ether oxygens (including phenoxy) is 1. The molecule has 0 saturated carbocycles. The Morgan fingerprint density at radius 3 is 2.53 bits per heavy atom. The first-order valence-electron chi connectivity index (χ1n) is 6.38. The van der Waals surface area contributed by atoms with Crippen LogP contribution in [0.15, 0.2) is 48.0 Å². The predicted molar refractivity (Wildman–Crippen MR) is 78.9 cm³/mol. The number of Topliss-reactive ketones (excluding diaryl/α,β-unsaturated/α-hetero) is 1. The molecule has 0 aliphatic heterocycles. The Bertz CT molecular complexity index is 635. The molecule has 0 spiro atoms. The van der Waals surface area contributed by atoms with Crippen LogP contribution in [-0.2, 0) is 0 Å². The first-order chi connectivity index (χ1) is 9.09. The third kappa shape index (κ3) is 3.02. The topological polar surface area (TPSA) is 26.3 Å². The molecule has 0 unspecified atom stereocenters. The minimum absolute atomic E-state index is 0.0315. The fraction of sp³-hybridized carbons (Fsp3) is 0.235. The fourth-order valence-corrected chi connectivity index (χ4v) is 2.03. The van der Waals surface area contributed by atoms with Gasteiger partial charge in [0.25, 0.3) is 0 Å². The number of benzene rings is 2. The van der Waals surface area contributed by atoms with Crippen molar-refractivity contribution in [3.8, 4) is 5.75 Å². The van der Waals surface area contributed by atoms with E-state index in [1.54, 1.807) is 6.92 Å². The highest BCUT2D eigenvalue weighted by Gasteiger charge is 2.12. The molecule has 0 bridgehead atoms. The quantitative estimate of drug-likeness (QED) is 0.597. The molecule has 0 aliphatic rings. The smallest absolute Gasteiger partial charge is 0.164 e. The van der Waals surface area contributed by atoms with E-state index in [1.807, 2.05) is 56.3 Å². The summed E-state index contributed by atoms with van der Waals surface area (Å²) in [6.45, 7) is 6.11. The number of fused-ring (bicyclic) bond motifs is 1. The van der Waals surface area contributed by atoms with Crippen molar-refractivity contribution in [2.24, 2.45) is 0 Å². The van der Waals surface area contributed by atoms with Gasteiger partial charge in [-0.05, 0) is 43.7 Å². The second-order valence-electron chi connectivity index (χ2n) is 4.81. The van der Waals surface area contributed by atoms with Gasteiger partial charge in [0.15, 0.2) is 5.78 Å². The lowest BCUT2D eigenvalue weighted by molar-refractivity contribution is 0.101. The van der Waals surface area contributed by atoms with Gasteiger partial charge < -0.3 is 4.74 Å². The van der Waals surface area contributed by atoms with Crippen LogP contribution in [-0.4, -0.2) is 12.4 Å². The highest BCUT2D eigenvalue weighted by atomic mass is 16.5. The molecule has 2 heteroatoms. The lowest BCUT2D eigenvalue weighted by atomic mass is 10.0. The zero-order valence-corrected chi connectivity index (χ0v) is 11.6. The van der Waals surface area contributed by atoms with E-state index in [4.69, 9.17) is 4.74 Å². The van der Waals surface area contributed by atoms with E-state index in [0.717, 1.165) is 10.8 Å². The van der Waals surface area contributed by atoms with Crippen molar-refractivity contribution in [3.05, 3.63) is 53.6 Å². The number of ketones is 1. The van der Waals surface area contributed by atoms with Crippen molar-refractivity contribution in [3.63, 3.8) is 0 Å². The fourth-order valence-electron chi connectivity index (χ4n) is 2.03. The molecule has 0 fully saturated rings. The van der Waals surface area contributed by atoms with Crippen LogP contribution in [0, 0.1) is 0 Å². The van der Waals surface area contributed by atoms with Gasteiger partial charge in [0, 0.05) is 0 Å². The summed E-state index contributed by atoms with van der Waals surface area (Å²) in [5.41, 5.74) is 1.87. The minimum Gasteiger partial charge on any atom is -0.489 e. The van der Waals surface area contributed by atoms with Gasteiger partial charge >= 0.3 is 0 Å². The summed E-state index contributed by atoms with van der Waals surface area (Å²) in [5, 5.41) is 2.01. The molecule has 2 aromatic rings. The van der Waals surface area contributed by atoms with E-state index < -0.39 is 0 Å². The maximum absolute atomic E-state index is 11.9. The molecular weight excluding hydrogens is 236 g/mol. The zero-order chi connectivity index (χ0) is 13.8. The number of allylic oxidation sites excluding steroid dienone is 1. The zero-order valence-electron chi connectivity index (χ0n) is 11.6. The van der Waals surface area contributed by atoms with Crippen molar-refractivity contribution < 1.29 is 9.53 Å². The van der Waals surface area contributed by atoms with E-state index in [1.165, 1.54) is 5.57 Å². The Balaban J connectivity index is 2.46. The Morgan fingerprint density at radius 1 is 1.11 bits per heavy atom. The Labute approximate surface area is 113 Å². The minimum atomic E-state index is 0.0315. The molecular formula is C17H18O2. The number of hydrogen-bond donors (Lipinski definition) is 0. The van der Waals surface area contributed by atoms with Gasteiger partial charge in [-0.15, -0.1) is 0 Å². The average Bonchev–Trinajstić information content (AvgIpc) is 2.37. The van der Waals surface area contributed by atoms with Crippen LogP contribution in [0.5, 0.6) is 5.75 Å². The molecule has 0 radical (unpaired) electrons. The van der Waals surface area contributed by atoms with E-state index >= 15 is 0 Å². The monoisotopic (exact) mass is 254 g/mol.